The summed E-state index contributed by atoms with van der Waals surface area (Å²) in [6.07, 6.45) is -6.01. The maximum atomic E-state index is 12.9. The molecule has 0 fully saturated rings. The van der Waals surface area contributed by atoms with Crippen LogP contribution in [0.3, 0.4) is 0 Å². The quantitative estimate of drug-likeness (QED) is 0.727. The second kappa shape index (κ2) is 6.05. The lowest BCUT2D eigenvalue weighted by atomic mass is 9.99. The van der Waals surface area contributed by atoms with Crippen LogP contribution in [0.5, 0.6) is 0 Å². The van der Waals surface area contributed by atoms with Gasteiger partial charge in [-0.2, -0.15) is 13.2 Å². The highest BCUT2D eigenvalue weighted by atomic mass is 35.5. The van der Waals surface area contributed by atoms with Crippen LogP contribution >= 0.6 is 34.8 Å². The van der Waals surface area contributed by atoms with Gasteiger partial charge in [0.2, 0.25) is 0 Å². The Morgan fingerprint density at radius 2 is 1.48 bits per heavy atom. The van der Waals surface area contributed by atoms with Crippen molar-refractivity contribution in [1.82, 2.24) is 0 Å². The summed E-state index contributed by atoms with van der Waals surface area (Å²) in [6.45, 7) is 0. The Bertz CT molecular complexity index is 654. The molecule has 2 aromatic rings. The van der Waals surface area contributed by atoms with Gasteiger partial charge in [0.25, 0.3) is 0 Å². The lowest BCUT2D eigenvalue weighted by Gasteiger charge is -2.18. The zero-order valence-electron chi connectivity index (χ0n) is 10.3. The highest BCUT2D eigenvalue weighted by molar-refractivity contribution is 6.36. The van der Waals surface area contributed by atoms with Gasteiger partial charge >= 0.3 is 6.18 Å². The van der Waals surface area contributed by atoms with E-state index in [2.05, 4.69) is 0 Å². The predicted molar refractivity (Wildman–Crippen MR) is 77.0 cm³/mol. The summed E-state index contributed by atoms with van der Waals surface area (Å²) in [6, 6.07) is 7.83. The van der Waals surface area contributed by atoms with Crippen molar-refractivity contribution in [2.45, 2.75) is 12.3 Å². The van der Waals surface area contributed by atoms with Crippen molar-refractivity contribution >= 4 is 34.8 Å². The molecule has 1 unspecified atom stereocenters. The predicted octanol–water partition coefficient (Wildman–Crippen LogP) is 5.75. The van der Waals surface area contributed by atoms with E-state index >= 15 is 0 Å². The number of rotatable bonds is 2. The van der Waals surface area contributed by atoms with Crippen molar-refractivity contribution < 1.29 is 18.3 Å². The first-order chi connectivity index (χ1) is 9.71. The number of benzene rings is 2. The number of hydrogen-bond donors (Lipinski definition) is 1. The molecule has 7 heteroatoms. The summed E-state index contributed by atoms with van der Waals surface area (Å²) >= 11 is 17.4. The minimum Gasteiger partial charge on any atom is -0.384 e. The smallest absolute Gasteiger partial charge is 0.384 e. The molecular formula is C14H8Cl3F3O. The van der Waals surface area contributed by atoms with Gasteiger partial charge in [0, 0.05) is 15.6 Å². The maximum Gasteiger partial charge on any atom is 0.417 e. The summed E-state index contributed by atoms with van der Waals surface area (Å²) in [5.41, 5.74) is -0.894. The Morgan fingerprint density at radius 1 is 0.905 bits per heavy atom. The second-order valence-electron chi connectivity index (χ2n) is 4.27. The van der Waals surface area contributed by atoms with Crippen LogP contribution in [0.15, 0.2) is 36.4 Å². The van der Waals surface area contributed by atoms with Crippen LogP contribution < -0.4 is 0 Å². The molecule has 1 nitrogen and oxygen atoms in total. The van der Waals surface area contributed by atoms with Crippen molar-refractivity contribution in [2.75, 3.05) is 0 Å². The van der Waals surface area contributed by atoms with E-state index in [0.717, 1.165) is 12.1 Å². The van der Waals surface area contributed by atoms with E-state index in [0.29, 0.717) is 10.6 Å². The Morgan fingerprint density at radius 3 is 2.00 bits per heavy atom. The molecule has 21 heavy (non-hydrogen) atoms. The SMILES string of the molecule is OC(c1ccc(Cl)cc1)c1c(Cl)ccc(C(F)(F)F)c1Cl. The molecule has 0 bridgehead atoms. The van der Waals surface area contributed by atoms with Gasteiger partial charge in [0.1, 0.15) is 6.10 Å². The summed E-state index contributed by atoms with van der Waals surface area (Å²) < 4.78 is 38.6. The third-order valence-electron chi connectivity index (χ3n) is 2.89. The molecule has 2 aromatic carbocycles. The first kappa shape index (κ1) is 16.4. The van der Waals surface area contributed by atoms with Gasteiger partial charge in [-0.1, -0.05) is 46.9 Å². The molecule has 0 spiro atoms. The zero-order chi connectivity index (χ0) is 15.8. The fourth-order valence-corrected chi connectivity index (χ4v) is 2.66. The number of aliphatic hydroxyl groups excluding tert-OH is 1. The van der Waals surface area contributed by atoms with Crippen LogP contribution in [-0.2, 0) is 6.18 Å². The number of halogens is 6. The van der Waals surface area contributed by atoms with Crippen LogP contribution in [0.4, 0.5) is 13.2 Å². The lowest BCUT2D eigenvalue weighted by Crippen LogP contribution is -2.10. The molecule has 0 amide bonds. The molecule has 1 atom stereocenters. The Labute approximate surface area is 133 Å². The molecular weight excluding hydrogens is 348 g/mol. The fourth-order valence-electron chi connectivity index (χ4n) is 1.85. The van der Waals surface area contributed by atoms with Crippen LogP contribution in [0.25, 0.3) is 0 Å². The van der Waals surface area contributed by atoms with Gasteiger partial charge < -0.3 is 5.11 Å². The molecule has 2 rings (SSSR count). The van der Waals surface area contributed by atoms with Gasteiger partial charge in [0.05, 0.1) is 10.6 Å². The molecule has 0 aliphatic rings. The molecule has 0 heterocycles. The van der Waals surface area contributed by atoms with Crippen molar-refractivity contribution in [2.24, 2.45) is 0 Å². The van der Waals surface area contributed by atoms with Gasteiger partial charge in [-0.05, 0) is 29.8 Å². The summed E-state index contributed by atoms with van der Waals surface area (Å²) in [4.78, 5) is 0. The monoisotopic (exact) mass is 354 g/mol. The molecule has 0 saturated heterocycles. The van der Waals surface area contributed by atoms with E-state index < -0.39 is 22.9 Å². The minimum absolute atomic E-state index is 0.0459. The topological polar surface area (TPSA) is 20.2 Å². The molecule has 1 N–H and O–H groups in total. The van der Waals surface area contributed by atoms with Crippen LogP contribution in [0.1, 0.15) is 22.8 Å². The Kier molecular flexibility index (Phi) is 4.73. The van der Waals surface area contributed by atoms with Crippen LogP contribution in [0, 0.1) is 0 Å². The van der Waals surface area contributed by atoms with Crippen molar-refractivity contribution in [3.63, 3.8) is 0 Å². The third-order valence-corrected chi connectivity index (χ3v) is 3.88. The molecule has 0 saturated carbocycles. The second-order valence-corrected chi connectivity index (χ2v) is 5.50. The van der Waals surface area contributed by atoms with Crippen molar-refractivity contribution in [3.8, 4) is 0 Å². The normalized spacial score (nSPS) is 13.3. The number of aliphatic hydroxyl groups is 1. The molecule has 0 aliphatic heterocycles. The van der Waals surface area contributed by atoms with E-state index in [-0.39, 0.29) is 10.6 Å². The van der Waals surface area contributed by atoms with Crippen molar-refractivity contribution in [1.29, 1.82) is 0 Å². The lowest BCUT2D eigenvalue weighted by molar-refractivity contribution is -0.137. The molecule has 0 aliphatic carbocycles. The zero-order valence-corrected chi connectivity index (χ0v) is 12.5. The van der Waals surface area contributed by atoms with E-state index in [1.807, 2.05) is 0 Å². The van der Waals surface area contributed by atoms with Gasteiger partial charge in [-0.25, -0.2) is 0 Å². The average Bonchev–Trinajstić information content (AvgIpc) is 2.37. The van der Waals surface area contributed by atoms with Gasteiger partial charge in [-0.15, -0.1) is 0 Å². The Balaban J connectivity index is 2.55. The average molecular weight is 356 g/mol. The molecule has 112 valence electrons. The summed E-state index contributed by atoms with van der Waals surface area (Å²) in [7, 11) is 0. The van der Waals surface area contributed by atoms with Crippen LogP contribution in [0.2, 0.25) is 15.1 Å². The number of hydrogen-bond acceptors (Lipinski definition) is 1. The van der Waals surface area contributed by atoms with Gasteiger partial charge in [0.15, 0.2) is 0 Å². The largest absolute Gasteiger partial charge is 0.417 e. The fraction of sp³-hybridized carbons (Fsp3) is 0.143. The van der Waals surface area contributed by atoms with E-state index in [4.69, 9.17) is 34.8 Å². The van der Waals surface area contributed by atoms with Crippen LogP contribution in [-0.4, -0.2) is 5.11 Å². The van der Waals surface area contributed by atoms with E-state index in [9.17, 15) is 18.3 Å². The van der Waals surface area contributed by atoms with E-state index in [1.54, 1.807) is 0 Å². The molecule has 0 radical (unpaired) electrons. The summed E-state index contributed by atoms with van der Waals surface area (Å²) in [5.74, 6) is 0. The Hall–Kier alpha value is -0.940. The highest BCUT2D eigenvalue weighted by Gasteiger charge is 2.35. The van der Waals surface area contributed by atoms with Crippen molar-refractivity contribution in [3.05, 3.63) is 68.2 Å². The minimum atomic E-state index is -4.63. The maximum absolute atomic E-state index is 12.9. The first-order valence-corrected chi connectivity index (χ1v) is 6.84. The number of alkyl halides is 3. The molecule has 0 aromatic heterocycles. The van der Waals surface area contributed by atoms with Gasteiger partial charge in [-0.3, -0.25) is 0 Å². The summed E-state index contributed by atoms with van der Waals surface area (Å²) in [5, 5.41) is 10.0. The van der Waals surface area contributed by atoms with E-state index in [1.165, 1.54) is 24.3 Å². The highest BCUT2D eigenvalue weighted by Crippen LogP contribution is 2.42. The standard InChI is InChI=1S/C14H8Cl3F3O/c15-8-3-1-7(2-4-8)13(21)11-10(16)6-5-9(12(11)17)14(18,19)20/h1-6,13,21H. The first-order valence-electron chi connectivity index (χ1n) is 5.70. The third kappa shape index (κ3) is 3.46.